The van der Waals surface area contributed by atoms with Gasteiger partial charge in [-0.15, -0.1) is 0 Å². The largest absolute Gasteiger partial charge is 0.370 e. The third kappa shape index (κ3) is 1.96. The standard InChI is InChI=1S/C12H23NO/c1-2-10-4-3-6-12(8-10)7-5-11(9-13)14-12/h10-11H,2-9,13H2,1H3/t10-,11+,12-/m1/s1. The third-order valence-electron chi connectivity index (χ3n) is 4.08. The van der Waals surface area contributed by atoms with E-state index in [9.17, 15) is 0 Å². The highest BCUT2D eigenvalue weighted by Crippen LogP contribution is 2.44. The minimum absolute atomic E-state index is 0.239. The van der Waals surface area contributed by atoms with E-state index < -0.39 is 0 Å². The van der Waals surface area contributed by atoms with E-state index in [1.807, 2.05) is 0 Å². The Labute approximate surface area is 87.2 Å². The zero-order chi connectivity index (χ0) is 10.0. The Balaban J connectivity index is 1.95. The van der Waals surface area contributed by atoms with E-state index in [-0.39, 0.29) is 5.60 Å². The number of hydrogen-bond donors (Lipinski definition) is 1. The topological polar surface area (TPSA) is 35.2 Å². The van der Waals surface area contributed by atoms with Crippen molar-refractivity contribution < 1.29 is 4.74 Å². The minimum Gasteiger partial charge on any atom is -0.370 e. The van der Waals surface area contributed by atoms with Crippen LogP contribution in [0.1, 0.15) is 51.9 Å². The maximum Gasteiger partial charge on any atom is 0.0705 e. The highest BCUT2D eigenvalue weighted by atomic mass is 16.5. The Hall–Kier alpha value is -0.0800. The lowest BCUT2D eigenvalue weighted by atomic mass is 9.76. The maximum atomic E-state index is 6.15. The van der Waals surface area contributed by atoms with Crippen LogP contribution in [-0.2, 0) is 4.74 Å². The van der Waals surface area contributed by atoms with Gasteiger partial charge in [0.2, 0.25) is 0 Å². The molecule has 1 aliphatic carbocycles. The first-order chi connectivity index (χ1) is 6.78. The average Bonchev–Trinajstić information content (AvgIpc) is 2.61. The molecule has 82 valence electrons. The van der Waals surface area contributed by atoms with Gasteiger partial charge in [0.1, 0.15) is 0 Å². The summed E-state index contributed by atoms with van der Waals surface area (Å²) in [5.74, 6) is 0.903. The van der Waals surface area contributed by atoms with Crippen LogP contribution in [0.3, 0.4) is 0 Å². The molecule has 14 heavy (non-hydrogen) atoms. The van der Waals surface area contributed by atoms with Crippen molar-refractivity contribution in [3.8, 4) is 0 Å². The molecular weight excluding hydrogens is 174 g/mol. The molecule has 0 amide bonds. The Morgan fingerprint density at radius 2 is 2.21 bits per heavy atom. The van der Waals surface area contributed by atoms with Crippen molar-refractivity contribution in [2.45, 2.75) is 63.6 Å². The zero-order valence-electron chi connectivity index (χ0n) is 9.30. The van der Waals surface area contributed by atoms with Gasteiger partial charge in [-0.2, -0.15) is 0 Å². The molecule has 0 radical (unpaired) electrons. The average molecular weight is 197 g/mol. The molecule has 1 saturated carbocycles. The Morgan fingerprint density at radius 3 is 2.86 bits per heavy atom. The molecule has 0 bridgehead atoms. The van der Waals surface area contributed by atoms with Gasteiger partial charge < -0.3 is 10.5 Å². The molecule has 1 saturated heterocycles. The van der Waals surface area contributed by atoms with E-state index in [0.717, 1.165) is 5.92 Å². The van der Waals surface area contributed by atoms with Gasteiger partial charge in [0.15, 0.2) is 0 Å². The number of rotatable bonds is 2. The second-order valence-corrected chi connectivity index (χ2v) is 5.07. The summed E-state index contributed by atoms with van der Waals surface area (Å²) in [5, 5.41) is 0. The van der Waals surface area contributed by atoms with Crippen molar-refractivity contribution in [2.24, 2.45) is 11.7 Å². The summed E-state index contributed by atoms with van der Waals surface area (Å²) in [6.45, 7) is 3.01. The minimum atomic E-state index is 0.239. The van der Waals surface area contributed by atoms with Crippen molar-refractivity contribution in [3.05, 3.63) is 0 Å². The number of nitrogens with two attached hydrogens (primary N) is 1. The second kappa shape index (κ2) is 4.19. The molecule has 2 heteroatoms. The van der Waals surface area contributed by atoms with Crippen LogP contribution >= 0.6 is 0 Å². The van der Waals surface area contributed by atoms with E-state index in [1.165, 1.54) is 44.9 Å². The SMILES string of the molecule is CC[C@@H]1CCC[C@@]2(CC[C@@H](CN)O2)C1. The van der Waals surface area contributed by atoms with Gasteiger partial charge in [-0.25, -0.2) is 0 Å². The molecule has 0 aromatic rings. The normalized spacial score (nSPS) is 43.3. The predicted molar refractivity (Wildman–Crippen MR) is 58.1 cm³/mol. The van der Waals surface area contributed by atoms with Crippen LogP contribution in [0.25, 0.3) is 0 Å². The lowest BCUT2D eigenvalue weighted by Gasteiger charge is -2.37. The van der Waals surface area contributed by atoms with Gasteiger partial charge in [-0.05, 0) is 31.6 Å². The van der Waals surface area contributed by atoms with E-state index in [0.29, 0.717) is 12.6 Å². The fourth-order valence-corrected chi connectivity index (χ4v) is 3.19. The van der Waals surface area contributed by atoms with Gasteiger partial charge in [0, 0.05) is 6.54 Å². The summed E-state index contributed by atoms with van der Waals surface area (Å²) in [4.78, 5) is 0. The van der Waals surface area contributed by atoms with Crippen LogP contribution in [0.4, 0.5) is 0 Å². The van der Waals surface area contributed by atoms with Crippen molar-refractivity contribution >= 4 is 0 Å². The third-order valence-corrected chi connectivity index (χ3v) is 4.08. The molecule has 0 aromatic heterocycles. The summed E-state index contributed by atoms with van der Waals surface area (Å²) in [6.07, 6.45) is 9.45. The Morgan fingerprint density at radius 1 is 1.36 bits per heavy atom. The van der Waals surface area contributed by atoms with Crippen molar-refractivity contribution in [2.75, 3.05) is 6.54 Å². The van der Waals surface area contributed by atoms with E-state index in [2.05, 4.69) is 6.92 Å². The van der Waals surface area contributed by atoms with E-state index >= 15 is 0 Å². The molecule has 1 aliphatic heterocycles. The molecule has 2 N–H and O–H groups in total. The van der Waals surface area contributed by atoms with Crippen LogP contribution < -0.4 is 5.73 Å². The van der Waals surface area contributed by atoms with Gasteiger partial charge in [0.25, 0.3) is 0 Å². The van der Waals surface area contributed by atoms with E-state index in [1.54, 1.807) is 0 Å². The molecule has 2 nitrogen and oxygen atoms in total. The molecule has 0 aromatic carbocycles. The highest BCUT2D eigenvalue weighted by molar-refractivity contribution is 4.93. The summed E-state index contributed by atoms with van der Waals surface area (Å²) in [7, 11) is 0. The van der Waals surface area contributed by atoms with Gasteiger partial charge in [-0.3, -0.25) is 0 Å². The summed E-state index contributed by atoms with van der Waals surface area (Å²) < 4.78 is 6.15. The lowest BCUT2D eigenvalue weighted by molar-refractivity contribution is -0.0729. The maximum absolute atomic E-state index is 6.15. The first kappa shape index (κ1) is 10.4. The van der Waals surface area contributed by atoms with Crippen LogP contribution in [0.2, 0.25) is 0 Å². The zero-order valence-corrected chi connectivity index (χ0v) is 9.30. The summed E-state index contributed by atoms with van der Waals surface area (Å²) in [5.41, 5.74) is 5.90. The molecule has 2 fully saturated rings. The van der Waals surface area contributed by atoms with Crippen molar-refractivity contribution in [1.29, 1.82) is 0 Å². The first-order valence-corrected chi connectivity index (χ1v) is 6.16. The number of hydrogen-bond acceptors (Lipinski definition) is 2. The van der Waals surface area contributed by atoms with Gasteiger partial charge in [-0.1, -0.05) is 26.2 Å². The molecular formula is C12H23NO. The molecule has 2 rings (SSSR count). The second-order valence-electron chi connectivity index (χ2n) is 5.07. The van der Waals surface area contributed by atoms with Gasteiger partial charge in [0.05, 0.1) is 11.7 Å². The van der Waals surface area contributed by atoms with Crippen LogP contribution in [0.15, 0.2) is 0 Å². The van der Waals surface area contributed by atoms with Crippen LogP contribution in [0, 0.1) is 5.92 Å². The fourth-order valence-electron chi connectivity index (χ4n) is 3.19. The quantitative estimate of drug-likeness (QED) is 0.738. The summed E-state index contributed by atoms with van der Waals surface area (Å²) in [6, 6.07) is 0. The predicted octanol–water partition coefficient (Wildman–Crippen LogP) is 2.46. The lowest BCUT2D eigenvalue weighted by Crippen LogP contribution is -2.36. The monoisotopic (exact) mass is 197 g/mol. The summed E-state index contributed by atoms with van der Waals surface area (Å²) >= 11 is 0. The molecule has 1 heterocycles. The Bertz CT molecular complexity index is 195. The molecule has 2 aliphatic rings. The number of ether oxygens (including phenoxy) is 1. The Kier molecular flexibility index (Phi) is 3.13. The van der Waals surface area contributed by atoms with Crippen LogP contribution in [-0.4, -0.2) is 18.2 Å². The first-order valence-electron chi connectivity index (χ1n) is 6.16. The fraction of sp³-hybridized carbons (Fsp3) is 1.00. The molecule has 0 unspecified atom stereocenters. The van der Waals surface area contributed by atoms with Crippen molar-refractivity contribution in [1.82, 2.24) is 0 Å². The van der Waals surface area contributed by atoms with Gasteiger partial charge >= 0.3 is 0 Å². The van der Waals surface area contributed by atoms with Crippen molar-refractivity contribution in [3.63, 3.8) is 0 Å². The van der Waals surface area contributed by atoms with Crippen LogP contribution in [0.5, 0.6) is 0 Å². The van der Waals surface area contributed by atoms with E-state index in [4.69, 9.17) is 10.5 Å². The smallest absolute Gasteiger partial charge is 0.0705 e. The molecule has 1 spiro atoms. The highest BCUT2D eigenvalue weighted by Gasteiger charge is 2.42. The molecule has 3 atom stereocenters.